The van der Waals surface area contributed by atoms with Crippen LogP contribution in [0.25, 0.3) is 0 Å². The van der Waals surface area contributed by atoms with E-state index in [1.54, 1.807) is 4.90 Å². The van der Waals surface area contributed by atoms with E-state index in [0.717, 1.165) is 19.0 Å². The molecule has 0 aliphatic carbocycles. The standard InChI is InChI=1S/C10H17N5O3/c1-2-3-4-14(5-6-16)9-8(15(17)18)7-12-10(11)13-9/h7,16H,2-6H2,1H3,(H2,11,12,13). The first-order chi connectivity index (χ1) is 8.60. The number of nitrogens with two attached hydrogens (primary N) is 1. The van der Waals surface area contributed by atoms with Crippen LogP contribution < -0.4 is 10.6 Å². The zero-order valence-corrected chi connectivity index (χ0v) is 10.2. The van der Waals surface area contributed by atoms with Gasteiger partial charge >= 0.3 is 5.69 Å². The van der Waals surface area contributed by atoms with Crippen LogP contribution >= 0.6 is 0 Å². The number of hydrogen-bond donors (Lipinski definition) is 2. The van der Waals surface area contributed by atoms with Gasteiger partial charge in [-0.25, -0.2) is 4.98 Å². The summed E-state index contributed by atoms with van der Waals surface area (Å²) >= 11 is 0. The third-order valence-corrected chi connectivity index (χ3v) is 2.42. The topological polar surface area (TPSA) is 118 Å². The number of nitrogens with zero attached hydrogens (tertiary/aromatic N) is 4. The van der Waals surface area contributed by atoms with Gasteiger partial charge < -0.3 is 15.7 Å². The second-order valence-corrected chi connectivity index (χ2v) is 3.76. The molecule has 1 heterocycles. The number of aliphatic hydroxyl groups excluding tert-OH is 1. The van der Waals surface area contributed by atoms with Crippen molar-refractivity contribution in [1.29, 1.82) is 0 Å². The molecule has 0 amide bonds. The number of nitro groups is 1. The molecule has 18 heavy (non-hydrogen) atoms. The SMILES string of the molecule is CCCCN(CCO)c1nc(N)ncc1[N+](=O)[O-]. The van der Waals surface area contributed by atoms with Gasteiger partial charge in [-0.1, -0.05) is 13.3 Å². The summed E-state index contributed by atoms with van der Waals surface area (Å²) in [6.45, 7) is 2.76. The van der Waals surface area contributed by atoms with Crippen molar-refractivity contribution in [2.75, 3.05) is 30.3 Å². The van der Waals surface area contributed by atoms with Crippen molar-refractivity contribution in [2.45, 2.75) is 19.8 Å². The summed E-state index contributed by atoms with van der Waals surface area (Å²) in [5.74, 6) is 0.144. The lowest BCUT2D eigenvalue weighted by atomic mass is 10.3. The fraction of sp³-hybridized carbons (Fsp3) is 0.600. The highest BCUT2D eigenvalue weighted by Crippen LogP contribution is 2.25. The Labute approximate surface area is 105 Å². The normalized spacial score (nSPS) is 10.3. The highest BCUT2D eigenvalue weighted by molar-refractivity contribution is 5.58. The molecule has 0 unspecified atom stereocenters. The molecule has 1 aromatic rings. The fourth-order valence-electron chi connectivity index (χ4n) is 1.53. The largest absolute Gasteiger partial charge is 0.395 e. The molecule has 1 rings (SSSR count). The maximum absolute atomic E-state index is 10.9. The zero-order valence-electron chi connectivity index (χ0n) is 10.2. The van der Waals surface area contributed by atoms with Crippen LogP contribution in [0.3, 0.4) is 0 Å². The van der Waals surface area contributed by atoms with Crippen LogP contribution in [0.15, 0.2) is 6.20 Å². The molecular weight excluding hydrogens is 238 g/mol. The number of nitrogen functional groups attached to an aromatic ring is 1. The van der Waals surface area contributed by atoms with Gasteiger partial charge in [-0.2, -0.15) is 4.98 Å². The molecule has 0 saturated carbocycles. The summed E-state index contributed by atoms with van der Waals surface area (Å²) in [6, 6.07) is 0. The van der Waals surface area contributed by atoms with Crippen molar-refractivity contribution in [2.24, 2.45) is 0 Å². The summed E-state index contributed by atoms with van der Waals surface area (Å²) in [5, 5.41) is 19.9. The van der Waals surface area contributed by atoms with Crippen molar-refractivity contribution in [3.05, 3.63) is 16.3 Å². The third-order valence-electron chi connectivity index (χ3n) is 2.42. The monoisotopic (exact) mass is 255 g/mol. The first kappa shape index (κ1) is 14.1. The Morgan fingerprint density at radius 3 is 2.83 bits per heavy atom. The van der Waals surface area contributed by atoms with E-state index in [1.807, 2.05) is 6.92 Å². The Morgan fingerprint density at radius 2 is 2.28 bits per heavy atom. The van der Waals surface area contributed by atoms with Gasteiger partial charge in [0.1, 0.15) is 6.20 Å². The molecule has 0 aliphatic rings. The molecule has 100 valence electrons. The van der Waals surface area contributed by atoms with Gasteiger partial charge in [0.2, 0.25) is 11.8 Å². The minimum Gasteiger partial charge on any atom is -0.395 e. The lowest BCUT2D eigenvalue weighted by Gasteiger charge is -2.22. The predicted molar refractivity (Wildman–Crippen MR) is 67.3 cm³/mol. The first-order valence-electron chi connectivity index (χ1n) is 5.72. The number of hydrogen-bond acceptors (Lipinski definition) is 7. The molecule has 8 nitrogen and oxygen atoms in total. The smallest absolute Gasteiger partial charge is 0.329 e. The molecule has 0 aliphatic heterocycles. The van der Waals surface area contributed by atoms with Crippen LogP contribution in [0.4, 0.5) is 17.5 Å². The van der Waals surface area contributed by atoms with Crippen LogP contribution in [-0.2, 0) is 0 Å². The zero-order chi connectivity index (χ0) is 13.5. The molecule has 0 saturated heterocycles. The Bertz CT molecular complexity index is 412. The highest BCUT2D eigenvalue weighted by atomic mass is 16.6. The molecule has 0 atom stereocenters. The Kier molecular flexibility index (Phi) is 5.25. The van der Waals surface area contributed by atoms with E-state index in [1.165, 1.54) is 0 Å². The van der Waals surface area contributed by atoms with Gasteiger partial charge in [0, 0.05) is 13.1 Å². The Balaban J connectivity index is 3.07. The van der Waals surface area contributed by atoms with E-state index in [2.05, 4.69) is 9.97 Å². The number of anilines is 2. The second-order valence-electron chi connectivity index (χ2n) is 3.76. The molecule has 0 spiro atoms. The van der Waals surface area contributed by atoms with Gasteiger partial charge in [-0.05, 0) is 6.42 Å². The van der Waals surface area contributed by atoms with E-state index in [9.17, 15) is 10.1 Å². The minimum absolute atomic E-state index is 0.0185. The number of rotatable bonds is 7. The number of aromatic nitrogens is 2. The Hall–Kier alpha value is -1.96. The van der Waals surface area contributed by atoms with Crippen molar-refractivity contribution < 1.29 is 10.0 Å². The maximum Gasteiger partial charge on any atom is 0.329 e. The van der Waals surface area contributed by atoms with E-state index < -0.39 is 4.92 Å². The van der Waals surface area contributed by atoms with Crippen LogP contribution in [-0.4, -0.2) is 39.7 Å². The van der Waals surface area contributed by atoms with E-state index in [-0.39, 0.29) is 30.6 Å². The van der Waals surface area contributed by atoms with Crippen LogP contribution in [0, 0.1) is 10.1 Å². The van der Waals surface area contributed by atoms with E-state index in [4.69, 9.17) is 10.8 Å². The van der Waals surface area contributed by atoms with Crippen molar-refractivity contribution in [1.82, 2.24) is 9.97 Å². The molecule has 0 bridgehead atoms. The average Bonchev–Trinajstić information content (AvgIpc) is 2.34. The molecule has 0 aromatic carbocycles. The Morgan fingerprint density at radius 1 is 1.56 bits per heavy atom. The summed E-state index contributed by atoms with van der Waals surface area (Å²) in [7, 11) is 0. The van der Waals surface area contributed by atoms with Gasteiger partial charge in [0.05, 0.1) is 11.5 Å². The molecule has 1 aromatic heterocycles. The average molecular weight is 255 g/mol. The van der Waals surface area contributed by atoms with Gasteiger partial charge in [-0.15, -0.1) is 0 Å². The second kappa shape index (κ2) is 6.70. The van der Waals surface area contributed by atoms with Gasteiger partial charge in [0.15, 0.2) is 0 Å². The van der Waals surface area contributed by atoms with Crippen molar-refractivity contribution >= 4 is 17.5 Å². The number of aliphatic hydroxyl groups is 1. The van der Waals surface area contributed by atoms with Crippen LogP contribution in [0.5, 0.6) is 0 Å². The van der Waals surface area contributed by atoms with Gasteiger partial charge in [0.25, 0.3) is 0 Å². The van der Waals surface area contributed by atoms with Crippen molar-refractivity contribution in [3.63, 3.8) is 0 Å². The summed E-state index contributed by atoms with van der Waals surface area (Å²) in [4.78, 5) is 19.5. The number of unbranched alkanes of at least 4 members (excludes halogenated alkanes) is 1. The summed E-state index contributed by atoms with van der Waals surface area (Å²) < 4.78 is 0. The van der Waals surface area contributed by atoms with E-state index >= 15 is 0 Å². The summed E-state index contributed by atoms with van der Waals surface area (Å²) in [5.41, 5.74) is 5.26. The quantitative estimate of drug-likeness (QED) is 0.539. The highest BCUT2D eigenvalue weighted by Gasteiger charge is 2.21. The lowest BCUT2D eigenvalue weighted by Crippen LogP contribution is -2.29. The van der Waals surface area contributed by atoms with E-state index in [0.29, 0.717) is 6.54 Å². The maximum atomic E-state index is 10.9. The third kappa shape index (κ3) is 3.52. The molecule has 0 radical (unpaired) electrons. The lowest BCUT2D eigenvalue weighted by molar-refractivity contribution is -0.384. The fourth-order valence-corrected chi connectivity index (χ4v) is 1.53. The van der Waals surface area contributed by atoms with Crippen molar-refractivity contribution in [3.8, 4) is 0 Å². The summed E-state index contributed by atoms with van der Waals surface area (Å²) in [6.07, 6.45) is 2.88. The first-order valence-corrected chi connectivity index (χ1v) is 5.72. The molecule has 0 fully saturated rings. The molecule has 8 heteroatoms. The molecular formula is C10H17N5O3. The van der Waals surface area contributed by atoms with Gasteiger partial charge in [-0.3, -0.25) is 10.1 Å². The molecule has 3 N–H and O–H groups in total. The minimum atomic E-state index is -0.551. The van der Waals surface area contributed by atoms with Crippen LogP contribution in [0.1, 0.15) is 19.8 Å². The predicted octanol–water partition coefficient (Wildman–Crippen LogP) is 0.566. The van der Waals surface area contributed by atoms with Crippen LogP contribution in [0.2, 0.25) is 0 Å².